The van der Waals surface area contributed by atoms with Crippen LogP contribution in [0.15, 0.2) is 24.3 Å². The summed E-state index contributed by atoms with van der Waals surface area (Å²) >= 11 is 0. The second-order valence-electron chi connectivity index (χ2n) is 6.72. The van der Waals surface area contributed by atoms with Crippen LogP contribution in [0, 0.1) is 11.3 Å². The van der Waals surface area contributed by atoms with E-state index in [4.69, 9.17) is 9.84 Å². The van der Waals surface area contributed by atoms with Gasteiger partial charge in [0.15, 0.2) is 0 Å². The Labute approximate surface area is 135 Å². The van der Waals surface area contributed by atoms with Gasteiger partial charge in [0.25, 0.3) is 0 Å². The Kier molecular flexibility index (Phi) is 4.15. The maximum absolute atomic E-state index is 11.9. The minimum Gasteiger partial charge on any atom is -0.497 e. The molecule has 2 amide bonds. The number of hydrogen-bond donors (Lipinski definition) is 3. The molecule has 1 aromatic rings. The Morgan fingerprint density at radius 3 is 2.43 bits per heavy atom. The van der Waals surface area contributed by atoms with E-state index in [1.165, 1.54) is 0 Å². The molecule has 0 saturated heterocycles. The second-order valence-corrected chi connectivity index (χ2v) is 6.72. The number of carbonyl (C=O) groups is 2. The highest BCUT2D eigenvalue weighted by Crippen LogP contribution is 2.58. The summed E-state index contributed by atoms with van der Waals surface area (Å²) < 4.78 is 5.09. The molecular formula is C17H22N2O4. The number of carboxylic acids is 1. The smallest absolute Gasteiger partial charge is 0.315 e. The molecule has 0 bridgehead atoms. The predicted octanol–water partition coefficient (Wildman–Crippen LogP) is 2.14. The first-order chi connectivity index (χ1) is 11.0. The molecule has 0 radical (unpaired) electrons. The van der Waals surface area contributed by atoms with E-state index < -0.39 is 5.97 Å². The number of methoxy groups -OCH3 is 1. The number of aliphatic carboxylic acids is 1. The van der Waals surface area contributed by atoms with Crippen LogP contribution in [0.5, 0.6) is 5.75 Å². The molecule has 2 fully saturated rings. The number of benzene rings is 1. The van der Waals surface area contributed by atoms with E-state index in [0.29, 0.717) is 6.54 Å². The highest BCUT2D eigenvalue weighted by molar-refractivity contribution is 5.74. The molecule has 1 aromatic carbocycles. The fraction of sp³-hybridized carbons (Fsp3) is 0.529. The average Bonchev–Trinajstić information content (AvgIpc) is 2.46. The summed E-state index contributed by atoms with van der Waals surface area (Å²) in [6.45, 7) is 0.467. The Balaban J connectivity index is 1.35. The van der Waals surface area contributed by atoms with Gasteiger partial charge in [-0.1, -0.05) is 12.1 Å². The van der Waals surface area contributed by atoms with E-state index in [-0.39, 0.29) is 23.4 Å². The lowest BCUT2D eigenvalue weighted by Crippen LogP contribution is -2.58. The maximum atomic E-state index is 11.9. The number of amides is 2. The van der Waals surface area contributed by atoms with E-state index in [1.54, 1.807) is 7.11 Å². The highest BCUT2D eigenvalue weighted by Gasteiger charge is 2.55. The molecule has 0 unspecified atom stereocenters. The number of rotatable bonds is 5. The average molecular weight is 318 g/mol. The van der Waals surface area contributed by atoms with Gasteiger partial charge in [-0.25, -0.2) is 4.79 Å². The first-order valence-electron chi connectivity index (χ1n) is 7.90. The number of hydrogen-bond acceptors (Lipinski definition) is 3. The quantitative estimate of drug-likeness (QED) is 0.776. The van der Waals surface area contributed by atoms with Crippen LogP contribution in [-0.2, 0) is 11.3 Å². The van der Waals surface area contributed by atoms with Crippen molar-refractivity contribution >= 4 is 12.0 Å². The summed E-state index contributed by atoms with van der Waals surface area (Å²) in [4.78, 5) is 22.7. The molecule has 124 valence electrons. The summed E-state index contributed by atoms with van der Waals surface area (Å²) in [5, 5.41) is 14.7. The SMILES string of the molecule is COc1ccc(CNC(=O)NC2CC3(C2)CC(C(=O)O)C3)cc1. The number of ether oxygens (including phenoxy) is 1. The van der Waals surface area contributed by atoms with Crippen LogP contribution < -0.4 is 15.4 Å². The fourth-order valence-electron chi connectivity index (χ4n) is 3.74. The second kappa shape index (κ2) is 6.10. The van der Waals surface area contributed by atoms with E-state index in [2.05, 4.69) is 10.6 Å². The zero-order valence-electron chi connectivity index (χ0n) is 13.2. The van der Waals surface area contributed by atoms with E-state index >= 15 is 0 Å². The van der Waals surface area contributed by atoms with Gasteiger partial charge < -0.3 is 20.5 Å². The lowest BCUT2D eigenvalue weighted by molar-refractivity contribution is -0.155. The molecule has 1 spiro atoms. The summed E-state index contributed by atoms with van der Waals surface area (Å²) in [5.41, 5.74) is 1.19. The summed E-state index contributed by atoms with van der Waals surface area (Å²) in [7, 11) is 1.62. The molecule has 3 rings (SSSR count). The first kappa shape index (κ1) is 15.6. The third-order valence-electron chi connectivity index (χ3n) is 5.01. The van der Waals surface area contributed by atoms with Gasteiger partial charge >= 0.3 is 12.0 Å². The Morgan fingerprint density at radius 1 is 1.22 bits per heavy atom. The van der Waals surface area contributed by atoms with Gasteiger partial charge in [-0.05, 0) is 48.8 Å². The van der Waals surface area contributed by atoms with Crippen LogP contribution in [0.1, 0.15) is 31.2 Å². The number of nitrogens with one attached hydrogen (secondary N) is 2. The standard InChI is InChI=1S/C17H22N2O4/c1-23-14-4-2-11(3-5-14)10-18-16(22)19-13-8-17(9-13)6-12(7-17)15(20)21/h2-5,12-13H,6-10H2,1H3,(H,20,21)(H2,18,19,22). The number of carbonyl (C=O) groups excluding carboxylic acids is 1. The van der Waals surface area contributed by atoms with Gasteiger partial charge in [0.2, 0.25) is 0 Å². The van der Waals surface area contributed by atoms with Crippen LogP contribution in [0.4, 0.5) is 4.79 Å². The molecule has 23 heavy (non-hydrogen) atoms. The zero-order valence-corrected chi connectivity index (χ0v) is 13.2. The topological polar surface area (TPSA) is 87.7 Å². The maximum Gasteiger partial charge on any atom is 0.315 e. The van der Waals surface area contributed by atoms with Crippen LogP contribution >= 0.6 is 0 Å². The minimum atomic E-state index is -0.690. The molecule has 2 saturated carbocycles. The van der Waals surface area contributed by atoms with Crippen LogP contribution in [-0.4, -0.2) is 30.3 Å². The van der Waals surface area contributed by atoms with E-state index in [0.717, 1.165) is 37.0 Å². The Bertz CT molecular complexity index is 585. The van der Waals surface area contributed by atoms with Crippen molar-refractivity contribution in [3.05, 3.63) is 29.8 Å². The van der Waals surface area contributed by atoms with Crippen molar-refractivity contribution in [3.8, 4) is 5.75 Å². The molecule has 0 heterocycles. The molecule has 2 aliphatic carbocycles. The van der Waals surface area contributed by atoms with E-state index in [1.807, 2.05) is 24.3 Å². The van der Waals surface area contributed by atoms with Gasteiger partial charge in [0.1, 0.15) is 5.75 Å². The molecule has 0 aromatic heterocycles. The molecule has 0 aliphatic heterocycles. The summed E-state index contributed by atoms with van der Waals surface area (Å²) in [6, 6.07) is 7.55. The number of carboxylic acid groups (broad SMARTS) is 1. The van der Waals surface area contributed by atoms with E-state index in [9.17, 15) is 9.59 Å². The minimum absolute atomic E-state index is 0.167. The van der Waals surface area contributed by atoms with Crippen LogP contribution in [0.25, 0.3) is 0 Å². The van der Waals surface area contributed by atoms with Crippen LogP contribution in [0.3, 0.4) is 0 Å². The molecule has 3 N–H and O–H groups in total. The molecule has 6 nitrogen and oxygen atoms in total. The van der Waals surface area contributed by atoms with Gasteiger partial charge in [-0.15, -0.1) is 0 Å². The van der Waals surface area contributed by atoms with Crippen molar-refractivity contribution in [2.75, 3.05) is 7.11 Å². The fourth-order valence-corrected chi connectivity index (χ4v) is 3.74. The van der Waals surface area contributed by atoms with Gasteiger partial charge in [-0.3, -0.25) is 4.79 Å². The summed E-state index contributed by atoms with van der Waals surface area (Å²) in [5.74, 6) is -0.0813. The lowest BCUT2D eigenvalue weighted by Gasteiger charge is -2.56. The normalized spacial score (nSPS) is 28.4. The van der Waals surface area contributed by atoms with Crippen molar-refractivity contribution in [3.63, 3.8) is 0 Å². The van der Waals surface area contributed by atoms with Gasteiger partial charge in [-0.2, -0.15) is 0 Å². The Hall–Kier alpha value is -2.24. The lowest BCUT2D eigenvalue weighted by atomic mass is 9.50. The Morgan fingerprint density at radius 2 is 1.87 bits per heavy atom. The van der Waals surface area contributed by atoms with Gasteiger partial charge in [0, 0.05) is 12.6 Å². The third kappa shape index (κ3) is 3.41. The van der Waals surface area contributed by atoms with Crippen molar-refractivity contribution in [2.45, 2.75) is 38.3 Å². The molecule has 2 aliphatic rings. The highest BCUT2D eigenvalue weighted by atomic mass is 16.5. The predicted molar refractivity (Wildman–Crippen MR) is 84.2 cm³/mol. The molecule has 0 atom stereocenters. The monoisotopic (exact) mass is 318 g/mol. The van der Waals surface area contributed by atoms with Crippen molar-refractivity contribution in [1.82, 2.24) is 10.6 Å². The van der Waals surface area contributed by atoms with Crippen molar-refractivity contribution in [1.29, 1.82) is 0 Å². The van der Waals surface area contributed by atoms with Crippen LogP contribution in [0.2, 0.25) is 0 Å². The van der Waals surface area contributed by atoms with Crippen molar-refractivity contribution in [2.24, 2.45) is 11.3 Å². The zero-order chi connectivity index (χ0) is 16.4. The van der Waals surface area contributed by atoms with Gasteiger partial charge in [0.05, 0.1) is 13.0 Å². The summed E-state index contributed by atoms with van der Waals surface area (Å²) in [6.07, 6.45) is 3.31. The largest absolute Gasteiger partial charge is 0.497 e. The first-order valence-corrected chi connectivity index (χ1v) is 7.90. The van der Waals surface area contributed by atoms with Crippen molar-refractivity contribution < 1.29 is 19.4 Å². The number of urea groups is 1. The molecule has 6 heteroatoms. The molecular weight excluding hydrogens is 296 g/mol. The third-order valence-corrected chi connectivity index (χ3v) is 5.01.